The average Bonchev–Trinajstić information content (AvgIpc) is 3.69. The first-order valence-corrected chi connectivity index (χ1v) is 14.1. The molecular formula is C30H21ClF5N9O3. The van der Waals surface area contributed by atoms with Crippen LogP contribution in [0.4, 0.5) is 22.0 Å². The molecule has 0 aliphatic carbocycles. The number of para-hydroxylation sites is 1. The topological polar surface area (TPSA) is 154 Å². The van der Waals surface area contributed by atoms with Crippen LogP contribution in [0.3, 0.4) is 0 Å². The number of benzene rings is 2. The van der Waals surface area contributed by atoms with Crippen molar-refractivity contribution >= 4 is 23.3 Å². The van der Waals surface area contributed by atoms with Gasteiger partial charge in [0, 0.05) is 30.3 Å². The lowest BCUT2D eigenvalue weighted by Gasteiger charge is -2.15. The highest BCUT2D eigenvalue weighted by atomic mass is 35.5. The van der Waals surface area contributed by atoms with Gasteiger partial charge in [-0.15, -0.1) is 10.2 Å². The fourth-order valence-electron chi connectivity index (χ4n) is 4.67. The molecule has 3 aromatic heterocycles. The van der Waals surface area contributed by atoms with E-state index in [0.717, 1.165) is 4.68 Å². The van der Waals surface area contributed by atoms with Gasteiger partial charge in [-0.05, 0) is 59.7 Å². The smallest absolute Gasteiger partial charge is 0.434 e. The molecule has 246 valence electrons. The molecule has 0 spiro atoms. The Morgan fingerprint density at radius 2 is 1.88 bits per heavy atom. The predicted octanol–water partition coefficient (Wildman–Crippen LogP) is 5.11. The lowest BCUT2D eigenvalue weighted by molar-refractivity contribution is -0.145. The monoisotopic (exact) mass is 685 g/mol. The zero-order valence-corrected chi connectivity index (χ0v) is 25.3. The summed E-state index contributed by atoms with van der Waals surface area (Å²) in [5, 5.41) is 26.3. The van der Waals surface area contributed by atoms with E-state index in [-0.39, 0.29) is 56.8 Å². The molecule has 3 heterocycles. The summed E-state index contributed by atoms with van der Waals surface area (Å²) >= 11 is 6.33. The van der Waals surface area contributed by atoms with Crippen LogP contribution in [-0.4, -0.2) is 53.3 Å². The molecule has 18 heteroatoms. The van der Waals surface area contributed by atoms with Crippen molar-refractivity contribution in [3.05, 3.63) is 111 Å². The van der Waals surface area contributed by atoms with Crippen molar-refractivity contribution in [2.45, 2.75) is 39.2 Å². The Morgan fingerprint density at radius 3 is 2.56 bits per heavy atom. The Hall–Kier alpha value is -5.76. The molecule has 5 rings (SSSR count). The number of alkyl halides is 5. The molecule has 0 aliphatic heterocycles. The van der Waals surface area contributed by atoms with Crippen LogP contribution in [0, 0.1) is 18.3 Å². The third-order valence-corrected chi connectivity index (χ3v) is 7.10. The van der Waals surface area contributed by atoms with Crippen molar-refractivity contribution in [2.75, 3.05) is 0 Å². The lowest BCUT2D eigenvalue weighted by Crippen LogP contribution is -2.26. The molecule has 48 heavy (non-hydrogen) atoms. The predicted molar refractivity (Wildman–Crippen MR) is 156 cm³/mol. The van der Waals surface area contributed by atoms with Gasteiger partial charge < -0.3 is 10.1 Å². The SMILES string of the molecule is Cc1cc(C#N)cc(C(=O)NCc2ccccc2OC(F)F)c1CC(=O)c1cc(Cn2nnc(C(F)(F)F)n2)nn1-c1ncccc1Cl. The minimum Gasteiger partial charge on any atom is -0.434 e. The molecule has 5 aromatic rings. The third kappa shape index (κ3) is 7.61. The summed E-state index contributed by atoms with van der Waals surface area (Å²) in [5.41, 5.74) is 0.984. The van der Waals surface area contributed by atoms with E-state index in [1.54, 1.807) is 19.1 Å². The first-order chi connectivity index (χ1) is 22.8. The molecule has 1 N–H and O–H groups in total. The van der Waals surface area contributed by atoms with E-state index in [0.29, 0.717) is 10.4 Å². The number of hydrogen-bond acceptors (Lipinski definition) is 9. The van der Waals surface area contributed by atoms with Crippen LogP contribution >= 0.6 is 11.6 Å². The van der Waals surface area contributed by atoms with Gasteiger partial charge in [-0.1, -0.05) is 29.8 Å². The highest BCUT2D eigenvalue weighted by Gasteiger charge is 2.37. The molecule has 0 saturated carbocycles. The molecular weight excluding hydrogens is 665 g/mol. The van der Waals surface area contributed by atoms with Gasteiger partial charge in [0.25, 0.3) is 11.7 Å². The summed E-state index contributed by atoms with van der Waals surface area (Å²) in [6.07, 6.45) is -3.84. The number of carbonyl (C=O) groups is 2. The number of ketones is 1. The van der Waals surface area contributed by atoms with E-state index in [4.69, 9.17) is 11.6 Å². The second-order valence-electron chi connectivity index (χ2n) is 10.1. The van der Waals surface area contributed by atoms with Gasteiger partial charge in [-0.3, -0.25) is 9.59 Å². The molecule has 0 saturated heterocycles. The molecule has 0 aliphatic rings. The largest absolute Gasteiger partial charge is 0.455 e. The zero-order valence-electron chi connectivity index (χ0n) is 24.5. The number of aromatic nitrogens is 7. The summed E-state index contributed by atoms with van der Waals surface area (Å²) in [4.78, 5) is 32.2. The summed E-state index contributed by atoms with van der Waals surface area (Å²) in [6.45, 7) is -2.11. The molecule has 0 fully saturated rings. The summed E-state index contributed by atoms with van der Waals surface area (Å²) < 4.78 is 70.4. The number of aryl methyl sites for hydroxylation is 1. The van der Waals surface area contributed by atoms with Gasteiger partial charge in [0.1, 0.15) is 18.0 Å². The van der Waals surface area contributed by atoms with Crippen molar-refractivity contribution in [1.29, 1.82) is 5.26 Å². The number of nitrogens with zero attached hydrogens (tertiary/aromatic N) is 8. The number of halogens is 6. The van der Waals surface area contributed by atoms with Crippen LogP contribution in [0.25, 0.3) is 5.82 Å². The van der Waals surface area contributed by atoms with Gasteiger partial charge in [0.05, 0.1) is 22.3 Å². The molecule has 0 bridgehead atoms. The number of carbonyl (C=O) groups excluding carboxylic acids is 2. The fraction of sp³-hybridized carbons (Fsp3) is 0.200. The first-order valence-electron chi connectivity index (χ1n) is 13.8. The van der Waals surface area contributed by atoms with Crippen LogP contribution in [0.5, 0.6) is 5.75 Å². The Bertz CT molecular complexity index is 2040. The van der Waals surface area contributed by atoms with Crippen molar-refractivity contribution in [2.24, 2.45) is 0 Å². The minimum atomic E-state index is -4.83. The highest BCUT2D eigenvalue weighted by molar-refractivity contribution is 6.32. The van der Waals surface area contributed by atoms with Gasteiger partial charge in [0.2, 0.25) is 0 Å². The number of tetrazole rings is 1. The van der Waals surface area contributed by atoms with E-state index in [1.165, 1.54) is 48.7 Å². The standard InChI is InChI=1S/C30H21ClF5N9O3/c1-16-9-17(13-37)10-21(27(47)39-14-18-5-2-3-7-25(18)48-29(32)33)20(16)12-24(46)23-11-19(15-44-42-28(40-43-44)30(34,35)36)41-45(23)26-22(31)6-4-8-38-26/h2-11,29H,12,14-15H2,1H3,(H,39,47). The van der Waals surface area contributed by atoms with Crippen molar-refractivity contribution in [3.8, 4) is 17.6 Å². The van der Waals surface area contributed by atoms with Gasteiger partial charge in [0.15, 0.2) is 11.6 Å². The number of hydrogen-bond donors (Lipinski definition) is 1. The maximum absolute atomic E-state index is 13.9. The summed E-state index contributed by atoms with van der Waals surface area (Å²) in [7, 11) is 0. The van der Waals surface area contributed by atoms with Gasteiger partial charge in [-0.2, -0.15) is 37.1 Å². The van der Waals surface area contributed by atoms with Crippen molar-refractivity contribution in [1.82, 2.24) is 40.3 Å². The Morgan fingerprint density at radius 1 is 1.10 bits per heavy atom. The molecule has 12 nitrogen and oxygen atoms in total. The van der Waals surface area contributed by atoms with Crippen LogP contribution in [-0.2, 0) is 25.7 Å². The summed E-state index contributed by atoms with van der Waals surface area (Å²) in [6, 6.07) is 14.9. The van der Waals surface area contributed by atoms with Crippen molar-refractivity contribution < 1.29 is 36.3 Å². The number of ether oxygens (including phenoxy) is 1. The number of nitrogens with one attached hydrogen (secondary N) is 1. The van der Waals surface area contributed by atoms with E-state index < -0.39 is 43.3 Å². The second-order valence-corrected chi connectivity index (χ2v) is 10.5. The number of nitriles is 1. The van der Waals surface area contributed by atoms with E-state index >= 15 is 0 Å². The number of pyridine rings is 1. The van der Waals surface area contributed by atoms with Gasteiger partial charge in [-0.25, -0.2) is 9.67 Å². The number of Topliss-reactive ketones (excluding diaryl/α,β-unsaturated/α-hetero) is 1. The third-order valence-electron chi connectivity index (χ3n) is 6.81. The zero-order chi connectivity index (χ0) is 34.6. The maximum atomic E-state index is 13.9. The average molecular weight is 686 g/mol. The fourth-order valence-corrected chi connectivity index (χ4v) is 4.87. The maximum Gasteiger partial charge on any atom is 0.455 e. The lowest BCUT2D eigenvalue weighted by atomic mass is 9.93. The molecule has 0 atom stereocenters. The number of amides is 1. The molecule has 0 unspecified atom stereocenters. The Labute approximate surface area is 272 Å². The number of rotatable bonds is 11. The first kappa shape index (κ1) is 33.6. The van der Waals surface area contributed by atoms with Crippen LogP contribution in [0.1, 0.15) is 54.6 Å². The Kier molecular flexibility index (Phi) is 9.75. The minimum absolute atomic E-state index is 0.0270. The molecule has 1 amide bonds. The normalized spacial score (nSPS) is 11.4. The second kappa shape index (κ2) is 13.9. The van der Waals surface area contributed by atoms with E-state index in [1.807, 2.05) is 6.07 Å². The van der Waals surface area contributed by atoms with Crippen LogP contribution in [0.2, 0.25) is 5.02 Å². The Balaban J connectivity index is 1.47. The molecule has 2 aromatic carbocycles. The molecule has 0 radical (unpaired) electrons. The van der Waals surface area contributed by atoms with Crippen LogP contribution in [0.15, 0.2) is 60.8 Å². The summed E-state index contributed by atoms with van der Waals surface area (Å²) in [5.74, 6) is -2.87. The van der Waals surface area contributed by atoms with Gasteiger partial charge >= 0.3 is 12.8 Å². The van der Waals surface area contributed by atoms with Crippen LogP contribution < -0.4 is 10.1 Å². The van der Waals surface area contributed by atoms with E-state index in [9.17, 15) is 36.8 Å². The quantitative estimate of drug-likeness (QED) is 0.148. The van der Waals surface area contributed by atoms with E-state index in [2.05, 4.69) is 35.5 Å². The van der Waals surface area contributed by atoms with Crippen molar-refractivity contribution in [3.63, 3.8) is 0 Å². The highest BCUT2D eigenvalue weighted by Crippen LogP contribution is 2.26.